The predicted molar refractivity (Wildman–Crippen MR) is 139 cm³/mol. The summed E-state index contributed by atoms with van der Waals surface area (Å²) in [4.78, 5) is 12.4. The lowest BCUT2D eigenvalue weighted by molar-refractivity contribution is -0.118. The lowest BCUT2D eigenvalue weighted by atomic mass is 10.1. The Hall–Kier alpha value is -2.84. The zero-order valence-corrected chi connectivity index (χ0v) is 21.0. The second-order valence-electron chi connectivity index (χ2n) is 7.21. The number of benzene rings is 3. The number of halogens is 3. The van der Waals surface area contributed by atoms with E-state index in [1.807, 2.05) is 47.9 Å². The summed E-state index contributed by atoms with van der Waals surface area (Å²) in [5.41, 5.74) is 5.99. The molecule has 0 unspecified atom stereocenters. The van der Waals surface area contributed by atoms with Gasteiger partial charge in [-0.15, -0.1) is 10.2 Å². The fourth-order valence-electron chi connectivity index (χ4n) is 3.03. The molecule has 1 heterocycles. The lowest BCUT2D eigenvalue weighted by Gasteiger charge is -2.10. The molecule has 0 radical (unpaired) electrons. The standard InChI is InChI=1S/C24H18Cl3N5OS/c1-15-5-7-16(8-6-15)23-30-31-24(32(23)19-11-9-18(25)10-12-19)34-14-21(33)29-28-13-17-3-2-4-20(26)22(17)27/h2-13H,14H2,1H3,(H,29,33). The first-order chi connectivity index (χ1) is 16.4. The fourth-order valence-corrected chi connectivity index (χ4v) is 4.26. The highest BCUT2D eigenvalue weighted by molar-refractivity contribution is 7.99. The number of nitrogens with one attached hydrogen (secondary N) is 1. The van der Waals surface area contributed by atoms with Crippen molar-refractivity contribution in [2.45, 2.75) is 12.1 Å². The molecule has 172 valence electrons. The molecule has 1 aromatic heterocycles. The number of aromatic nitrogens is 3. The van der Waals surface area contributed by atoms with Crippen molar-refractivity contribution in [2.75, 3.05) is 5.75 Å². The van der Waals surface area contributed by atoms with Crippen LogP contribution in [0.1, 0.15) is 11.1 Å². The molecule has 0 saturated heterocycles. The van der Waals surface area contributed by atoms with Crippen LogP contribution >= 0.6 is 46.6 Å². The monoisotopic (exact) mass is 529 g/mol. The maximum atomic E-state index is 12.4. The maximum absolute atomic E-state index is 12.4. The van der Waals surface area contributed by atoms with Crippen LogP contribution in [0.25, 0.3) is 17.1 Å². The van der Waals surface area contributed by atoms with Crippen molar-refractivity contribution in [2.24, 2.45) is 5.10 Å². The van der Waals surface area contributed by atoms with Crippen molar-refractivity contribution in [3.8, 4) is 17.1 Å². The van der Waals surface area contributed by atoms with Gasteiger partial charge in [-0.05, 0) is 37.3 Å². The minimum Gasteiger partial charge on any atom is -0.272 e. The quantitative estimate of drug-likeness (QED) is 0.169. The van der Waals surface area contributed by atoms with Gasteiger partial charge in [-0.3, -0.25) is 9.36 Å². The van der Waals surface area contributed by atoms with Crippen LogP contribution in [0.3, 0.4) is 0 Å². The van der Waals surface area contributed by atoms with Gasteiger partial charge in [-0.25, -0.2) is 5.43 Å². The van der Waals surface area contributed by atoms with E-state index in [0.717, 1.165) is 16.8 Å². The van der Waals surface area contributed by atoms with E-state index in [4.69, 9.17) is 34.8 Å². The Kier molecular flexibility index (Phi) is 7.90. The molecule has 0 aliphatic carbocycles. The zero-order chi connectivity index (χ0) is 24.1. The highest BCUT2D eigenvalue weighted by atomic mass is 35.5. The summed E-state index contributed by atoms with van der Waals surface area (Å²) in [6, 6.07) is 20.5. The van der Waals surface area contributed by atoms with E-state index in [1.54, 1.807) is 30.3 Å². The summed E-state index contributed by atoms with van der Waals surface area (Å²) in [6.45, 7) is 2.02. The van der Waals surface area contributed by atoms with Crippen molar-refractivity contribution in [3.63, 3.8) is 0 Å². The van der Waals surface area contributed by atoms with Gasteiger partial charge in [-0.1, -0.05) is 88.5 Å². The first-order valence-electron chi connectivity index (χ1n) is 10.1. The summed E-state index contributed by atoms with van der Waals surface area (Å²) in [5.74, 6) is 0.445. The molecule has 1 N–H and O–H groups in total. The van der Waals surface area contributed by atoms with E-state index in [1.165, 1.54) is 18.0 Å². The van der Waals surface area contributed by atoms with Crippen molar-refractivity contribution in [1.82, 2.24) is 20.2 Å². The van der Waals surface area contributed by atoms with E-state index in [2.05, 4.69) is 20.7 Å². The van der Waals surface area contributed by atoms with Gasteiger partial charge in [0.25, 0.3) is 5.91 Å². The van der Waals surface area contributed by atoms with E-state index in [-0.39, 0.29) is 11.7 Å². The first-order valence-corrected chi connectivity index (χ1v) is 12.2. The normalized spacial score (nSPS) is 11.2. The largest absolute Gasteiger partial charge is 0.272 e. The fraction of sp³-hybridized carbons (Fsp3) is 0.0833. The Morgan fingerprint density at radius 1 is 1.03 bits per heavy atom. The SMILES string of the molecule is Cc1ccc(-c2nnc(SCC(=O)NN=Cc3cccc(Cl)c3Cl)n2-c2ccc(Cl)cc2)cc1. The second kappa shape index (κ2) is 11.1. The third-order valence-electron chi connectivity index (χ3n) is 4.73. The summed E-state index contributed by atoms with van der Waals surface area (Å²) >= 11 is 19.4. The van der Waals surface area contributed by atoms with Gasteiger partial charge in [0.15, 0.2) is 11.0 Å². The Morgan fingerprint density at radius 2 is 1.76 bits per heavy atom. The van der Waals surface area contributed by atoms with Gasteiger partial charge in [0.1, 0.15) is 0 Å². The molecular formula is C24H18Cl3N5OS. The first kappa shape index (κ1) is 24.3. The van der Waals surface area contributed by atoms with Crippen molar-refractivity contribution in [3.05, 3.63) is 92.9 Å². The molecule has 0 fully saturated rings. The third kappa shape index (κ3) is 5.80. The Labute approximate surface area is 215 Å². The summed E-state index contributed by atoms with van der Waals surface area (Å²) < 4.78 is 1.90. The molecule has 0 bridgehead atoms. The molecule has 1 amide bonds. The van der Waals surface area contributed by atoms with Gasteiger partial charge in [0, 0.05) is 21.8 Å². The molecule has 34 heavy (non-hydrogen) atoms. The van der Waals surface area contributed by atoms with Gasteiger partial charge in [0.05, 0.1) is 22.0 Å². The van der Waals surface area contributed by atoms with E-state index < -0.39 is 0 Å². The smallest absolute Gasteiger partial charge is 0.250 e. The number of hydrazone groups is 1. The van der Waals surface area contributed by atoms with Crippen LogP contribution in [0.15, 0.2) is 77.0 Å². The van der Waals surface area contributed by atoms with Crippen molar-refractivity contribution in [1.29, 1.82) is 0 Å². The minimum absolute atomic E-state index is 0.0836. The molecule has 6 nitrogen and oxygen atoms in total. The van der Waals surface area contributed by atoms with Crippen LogP contribution in [0.4, 0.5) is 0 Å². The average Bonchev–Trinajstić information content (AvgIpc) is 3.25. The van der Waals surface area contributed by atoms with Crippen LogP contribution < -0.4 is 5.43 Å². The number of thioether (sulfide) groups is 1. The topological polar surface area (TPSA) is 72.2 Å². The second-order valence-corrected chi connectivity index (χ2v) is 9.37. The number of hydrogen-bond donors (Lipinski definition) is 1. The van der Waals surface area contributed by atoms with Gasteiger partial charge >= 0.3 is 0 Å². The summed E-state index contributed by atoms with van der Waals surface area (Å²) in [7, 11) is 0. The summed E-state index contributed by atoms with van der Waals surface area (Å²) in [5, 5.41) is 14.7. The molecule has 4 rings (SSSR count). The number of amides is 1. The number of rotatable bonds is 7. The molecule has 0 saturated carbocycles. The van der Waals surface area contributed by atoms with Gasteiger partial charge in [-0.2, -0.15) is 5.10 Å². The van der Waals surface area contributed by atoms with Gasteiger partial charge < -0.3 is 0 Å². The highest BCUT2D eigenvalue weighted by Gasteiger charge is 2.17. The summed E-state index contributed by atoms with van der Waals surface area (Å²) in [6.07, 6.45) is 1.45. The van der Waals surface area contributed by atoms with Crippen molar-refractivity contribution < 1.29 is 4.79 Å². The number of carbonyl (C=O) groups is 1. The van der Waals surface area contributed by atoms with Crippen LogP contribution in [-0.2, 0) is 4.79 Å². The Morgan fingerprint density at radius 3 is 2.50 bits per heavy atom. The molecule has 0 aliphatic rings. The maximum Gasteiger partial charge on any atom is 0.250 e. The number of hydrogen-bond acceptors (Lipinski definition) is 5. The minimum atomic E-state index is -0.304. The van der Waals surface area contributed by atoms with E-state index in [0.29, 0.717) is 31.6 Å². The Balaban J connectivity index is 1.51. The van der Waals surface area contributed by atoms with Crippen LogP contribution in [-0.4, -0.2) is 32.6 Å². The molecule has 0 spiro atoms. The Bertz CT molecular complexity index is 1340. The molecule has 0 aliphatic heterocycles. The molecule has 3 aromatic carbocycles. The van der Waals surface area contributed by atoms with Crippen LogP contribution in [0, 0.1) is 6.92 Å². The lowest BCUT2D eigenvalue weighted by Crippen LogP contribution is -2.20. The highest BCUT2D eigenvalue weighted by Crippen LogP contribution is 2.29. The molecule has 0 atom stereocenters. The van der Waals surface area contributed by atoms with E-state index in [9.17, 15) is 4.79 Å². The van der Waals surface area contributed by atoms with Crippen LogP contribution in [0.5, 0.6) is 0 Å². The van der Waals surface area contributed by atoms with E-state index >= 15 is 0 Å². The molecular weight excluding hydrogens is 513 g/mol. The van der Waals surface area contributed by atoms with Gasteiger partial charge in [0.2, 0.25) is 0 Å². The molecule has 4 aromatic rings. The number of nitrogens with zero attached hydrogens (tertiary/aromatic N) is 4. The van der Waals surface area contributed by atoms with Crippen molar-refractivity contribution >= 4 is 58.7 Å². The number of aryl methyl sites for hydroxylation is 1. The zero-order valence-electron chi connectivity index (χ0n) is 17.9. The predicted octanol–water partition coefficient (Wildman–Crippen LogP) is 6.45. The van der Waals surface area contributed by atoms with Crippen LogP contribution in [0.2, 0.25) is 15.1 Å². The molecule has 10 heteroatoms. The number of carbonyl (C=O) groups excluding carboxylic acids is 1. The third-order valence-corrected chi connectivity index (χ3v) is 6.75. The average molecular weight is 531 g/mol.